The lowest BCUT2D eigenvalue weighted by Crippen LogP contribution is -2.44. The predicted molar refractivity (Wildman–Crippen MR) is 143 cm³/mol. The maximum Gasteiger partial charge on any atom is 0.132 e. The van der Waals surface area contributed by atoms with Gasteiger partial charge in [0.05, 0.1) is 5.35 Å². The number of halogens is 1. The first kappa shape index (κ1) is 22.9. The molecule has 0 N–H and O–H groups in total. The van der Waals surface area contributed by atoms with E-state index >= 15 is 0 Å². The van der Waals surface area contributed by atoms with E-state index in [1.807, 2.05) is 18.3 Å². The van der Waals surface area contributed by atoms with E-state index < -0.39 is 0 Å². The molecule has 2 aliphatic rings. The van der Waals surface area contributed by atoms with Gasteiger partial charge in [-0.3, -0.25) is 4.98 Å². The highest BCUT2D eigenvalue weighted by molar-refractivity contribution is 5.73. The molecule has 1 aliphatic heterocycles. The van der Waals surface area contributed by atoms with Crippen molar-refractivity contribution in [2.45, 2.75) is 13.3 Å². The molecule has 1 aromatic heterocycles. The minimum Gasteiger partial charge on any atom is -0.368 e. The average molecular weight is 464 g/mol. The number of aryl methyl sites for hydroxylation is 1. The topological polar surface area (TPSA) is 19.4 Å². The minimum absolute atomic E-state index is 0.224. The molecule has 1 aliphatic carbocycles. The first-order chi connectivity index (χ1) is 17.0. The summed E-state index contributed by atoms with van der Waals surface area (Å²) >= 11 is 0. The van der Waals surface area contributed by atoms with E-state index in [1.54, 1.807) is 12.1 Å². The van der Waals surface area contributed by atoms with Crippen LogP contribution in [0, 0.1) is 12.7 Å². The van der Waals surface area contributed by atoms with Crippen LogP contribution in [0.3, 0.4) is 0 Å². The van der Waals surface area contributed by atoms with Crippen LogP contribution in [0.1, 0.15) is 28.7 Å². The fourth-order valence-electron chi connectivity index (χ4n) is 4.97. The molecule has 0 unspecified atom stereocenters. The molecule has 5 rings (SSSR count). The summed E-state index contributed by atoms with van der Waals surface area (Å²) < 4.78 is 14.2. The summed E-state index contributed by atoms with van der Waals surface area (Å²) in [7, 11) is 0. The molecular formula is C31H30FN3. The molecule has 2 aromatic carbocycles. The second-order valence-electron chi connectivity index (χ2n) is 9.10. The monoisotopic (exact) mass is 463 g/mol. The predicted octanol–water partition coefficient (Wildman–Crippen LogP) is 4.73. The molecule has 3 nitrogen and oxygen atoms in total. The van der Waals surface area contributed by atoms with E-state index in [2.05, 4.69) is 77.4 Å². The molecule has 0 amide bonds. The number of hydrogen-bond acceptors (Lipinski definition) is 3. The van der Waals surface area contributed by atoms with Gasteiger partial charge in [0.25, 0.3) is 0 Å². The van der Waals surface area contributed by atoms with Crippen LogP contribution in [-0.2, 0) is 0 Å². The highest BCUT2D eigenvalue weighted by atomic mass is 19.1. The quantitative estimate of drug-likeness (QED) is 0.546. The van der Waals surface area contributed by atoms with Crippen molar-refractivity contribution in [3.63, 3.8) is 0 Å². The van der Waals surface area contributed by atoms with Gasteiger partial charge in [-0.15, -0.1) is 0 Å². The smallest absolute Gasteiger partial charge is 0.132 e. The molecule has 1 saturated heterocycles. The first-order valence-corrected chi connectivity index (χ1v) is 12.1. The zero-order chi connectivity index (χ0) is 24.4. The van der Waals surface area contributed by atoms with E-state index in [0.29, 0.717) is 5.56 Å². The minimum atomic E-state index is -0.224. The molecule has 35 heavy (non-hydrogen) atoms. The standard InChI is InChI=1S/C31H30FN3/c1-22-21-26(14-15-27(22)29-12-5-4-9-25-10-8-16-33-31(25)29)23(2)34-17-19-35(20-18-34)24(3)28-11-6-7-13-30(28)32/h4-11,13-16,21H,2-3,12,17-20H2,1H3. The van der Waals surface area contributed by atoms with Gasteiger partial charge in [0.15, 0.2) is 0 Å². The van der Waals surface area contributed by atoms with Gasteiger partial charge in [-0.1, -0.05) is 61.7 Å². The number of piperazine rings is 1. The average Bonchev–Trinajstić information content (AvgIpc) is 3.11. The van der Waals surface area contributed by atoms with Gasteiger partial charge in [0.1, 0.15) is 5.82 Å². The van der Waals surface area contributed by atoms with Crippen molar-refractivity contribution in [2.24, 2.45) is 0 Å². The van der Waals surface area contributed by atoms with Crippen LogP contribution < -0.4 is 10.6 Å². The fourth-order valence-corrected chi connectivity index (χ4v) is 4.97. The van der Waals surface area contributed by atoms with E-state index in [4.69, 9.17) is 0 Å². The second kappa shape index (κ2) is 9.75. The summed E-state index contributed by atoms with van der Waals surface area (Å²) in [4.78, 5) is 9.16. The SMILES string of the molecule is C=C(c1ccc(C2=c3ncccc3=CC=CC2)c(C)c1)N1CCN(C(=C)c2ccccc2F)CC1. The summed E-state index contributed by atoms with van der Waals surface area (Å²) in [5, 5.41) is 2.21. The molecule has 2 heterocycles. The number of pyridine rings is 1. The Balaban J connectivity index is 1.33. The van der Waals surface area contributed by atoms with Gasteiger partial charge < -0.3 is 9.80 Å². The number of fused-ring (bicyclic) bond motifs is 1. The Morgan fingerprint density at radius 2 is 1.66 bits per heavy atom. The number of nitrogens with zero attached hydrogens (tertiary/aromatic N) is 3. The molecule has 0 atom stereocenters. The van der Waals surface area contributed by atoms with Crippen LogP contribution in [0.2, 0.25) is 0 Å². The van der Waals surface area contributed by atoms with Crippen molar-refractivity contribution in [1.82, 2.24) is 14.8 Å². The van der Waals surface area contributed by atoms with E-state index in [0.717, 1.165) is 60.1 Å². The van der Waals surface area contributed by atoms with Crippen LogP contribution in [0.5, 0.6) is 0 Å². The molecule has 0 saturated carbocycles. The third-order valence-corrected chi connectivity index (χ3v) is 6.97. The molecule has 0 bridgehead atoms. The summed E-state index contributed by atoms with van der Waals surface area (Å²) in [5.74, 6) is -0.224. The van der Waals surface area contributed by atoms with E-state index in [-0.39, 0.29) is 5.82 Å². The second-order valence-corrected chi connectivity index (χ2v) is 9.10. The van der Waals surface area contributed by atoms with Gasteiger partial charge in [-0.2, -0.15) is 0 Å². The number of allylic oxidation sites excluding steroid dienone is 2. The first-order valence-electron chi connectivity index (χ1n) is 12.1. The Morgan fingerprint density at radius 1 is 0.914 bits per heavy atom. The van der Waals surface area contributed by atoms with Crippen LogP contribution >= 0.6 is 0 Å². The van der Waals surface area contributed by atoms with Crippen LogP contribution in [0.15, 0.2) is 86.1 Å². The number of hydrogen-bond donors (Lipinski definition) is 0. The van der Waals surface area contributed by atoms with Crippen LogP contribution in [0.25, 0.3) is 23.0 Å². The van der Waals surface area contributed by atoms with Gasteiger partial charge in [0, 0.05) is 54.6 Å². The Hall–Kier alpha value is -3.92. The third kappa shape index (κ3) is 4.57. The Kier molecular flexibility index (Phi) is 6.37. The van der Waals surface area contributed by atoms with E-state index in [9.17, 15) is 4.39 Å². The fraction of sp³-hybridized carbons (Fsp3) is 0.194. The van der Waals surface area contributed by atoms with Gasteiger partial charge in [0.2, 0.25) is 0 Å². The summed E-state index contributed by atoms with van der Waals surface area (Å²) in [6, 6.07) is 17.5. The van der Waals surface area contributed by atoms with Crippen molar-refractivity contribution in [3.8, 4) is 0 Å². The summed E-state index contributed by atoms with van der Waals surface area (Å²) in [6.45, 7) is 13.9. The molecule has 3 aromatic rings. The summed E-state index contributed by atoms with van der Waals surface area (Å²) in [5.41, 5.74) is 7.17. The normalized spacial score (nSPS) is 15.3. The van der Waals surface area contributed by atoms with Crippen molar-refractivity contribution < 1.29 is 4.39 Å². The molecule has 0 radical (unpaired) electrons. The number of aromatic nitrogens is 1. The molecule has 1 fully saturated rings. The zero-order valence-corrected chi connectivity index (χ0v) is 20.2. The maximum absolute atomic E-state index is 14.2. The Bertz CT molecular complexity index is 1440. The van der Waals surface area contributed by atoms with Gasteiger partial charge in [-0.05, 0) is 59.9 Å². The lowest BCUT2D eigenvalue weighted by Gasteiger charge is -2.39. The van der Waals surface area contributed by atoms with Crippen molar-refractivity contribution >= 4 is 23.0 Å². The van der Waals surface area contributed by atoms with E-state index in [1.165, 1.54) is 22.8 Å². The Labute approximate surface area is 206 Å². The zero-order valence-electron chi connectivity index (χ0n) is 20.2. The van der Waals surface area contributed by atoms with Crippen molar-refractivity contribution in [3.05, 3.63) is 125 Å². The van der Waals surface area contributed by atoms with Crippen LogP contribution in [-0.4, -0.2) is 41.0 Å². The van der Waals surface area contributed by atoms with Crippen molar-refractivity contribution in [1.29, 1.82) is 0 Å². The van der Waals surface area contributed by atoms with Gasteiger partial charge in [-0.25, -0.2) is 4.39 Å². The lowest BCUT2D eigenvalue weighted by atomic mass is 9.94. The van der Waals surface area contributed by atoms with Crippen molar-refractivity contribution in [2.75, 3.05) is 26.2 Å². The number of benzene rings is 2. The largest absolute Gasteiger partial charge is 0.368 e. The molecular weight excluding hydrogens is 433 g/mol. The highest BCUT2D eigenvalue weighted by Crippen LogP contribution is 2.28. The maximum atomic E-state index is 14.2. The molecule has 176 valence electrons. The van der Waals surface area contributed by atoms with Crippen LogP contribution in [0.4, 0.5) is 4.39 Å². The van der Waals surface area contributed by atoms with Gasteiger partial charge >= 0.3 is 0 Å². The lowest BCUT2D eigenvalue weighted by molar-refractivity contribution is 0.239. The Morgan fingerprint density at radius 3 is 2.40 bits per heavy atom. The highest BCUT2D eigenvalue weighted by Gasteiger charge is 2.22. The third-order valence-electron chi connectivity index (χ3n) is 6.97. The molecule has 0 spiro atoms. The summed E-state index contributed by atoms with van der Waals surface area (Å²) in [6.07, 6.45) is 9.15. The number of rotatable bonds is 5. The molecule has 4 heteroatoms.